The lowest BCUT2D eigenvalue weighted by Crippen LogP contribution is -2.15. The smallest absolute Gasteiger partial charge is 0.416 e. The summed E-state index contributed by atoms with van der Waals surface area (Å²) in [7, 11) is -3.56. The minimum absolute atomic E-state index is 0.0175. The van der Waals surface area contributed by atoms with Crippen LogP contribution in [0.2, 0.25) is 5.02 Å². The number of rotatable bonds is 9. The predicted molar refractivity (Wildman–Crippen MR) is 152 cm³/mol. The fourth-order valence-corrected chi connectivity index (χ4v) is 5.25. The van der Waals surface area contributed by atoms with Gasteiger partial charge in [0.2, 0.25) is 0 Å². The summed E-state index contributed by atoms with van der Waals surface area (Å²) < 4.78 is 76.0. The molecule has 1 heterocycles. The van der Waals surface area contributed by atoms with Gasteiger partial charge in [0.25, 0.3) is 0 Å². The quantitative estimate of drug-likeness (QED) is 0.145. The summed E-state index contributed by atoms with van der Waals surface area (Å²) in [6.07, 6.45) is -1.18. The predicted octanol–water partition coefficient (Wildman–Crippen LogP) is 6.88. The fraction of sp³-hybridized carbons (Fsp3) is 0.200. The molecule has 0 fully saturated rings. The van der Waals surface area contributed by atoms with Crippen LogP contribution in [0.25, 0.3) is 22.3 Å². The summed E-state index contributed by atoms with van der Waals surface area (Å²) in [5.41, 5.74) is 0.530. The molecule has 0 N–H and O–H groups in total. The molecule has 0 aliphatic heterocycles. The Balaban J connectivity index is 1.53. The first-order chi connectivity index (χ1) is 20.3. The van der Waals surface area contributed by atoms with E-state index in [-0.39, 0.29) is 33.3 Å². The maximum Gasteiger partial charge on any atom is 0.416 e. The van der Waals surface area contributed by atoms with Gasteiger partial charge in [0.1, 0.15) is 17.8 Å². The highest BCUT2D eigenvalue weighted by molar-refractivity contribution is 7.91. The van der Waals surface area contributed by atoms with Crippen molar-refractivity contribution in [1.29, 1.82) is 0 Å². The number of carbonyl (C=O) groups is 2. The van der Waals surface area contributed by atoms with Gasteiger partial charge in [0.15, 0.2) is 9.84 Å². The monoisotopic (exact) mass is 632 g/mol. The number of aryl methyl sites for hydroxylation is 1. The van der Waals surface area contributed by atoms with Crippen LogP contribution in [0.1, 0.15) is 30.9 Å². The van der Waals surface area contributed by atoms with Gasteiger partial charge in [-0.3, -0.25) is 9.59 Å². The molecule has 8 nitrogen and oxygen atoms in total. The summed E-state index contributed by atoms with van der Waals surface area (Å²) in [4.78, 5) is 33.2. The van der Waals surface area contributed by atoms with Gasteiger partial charge in [-0.25, -0.2) is 18.4 Å². The van der Waals surface area contributed by atoms with E-state index in [4.69, 9.17) is 21.1 Å². The molecule has 224 valence electrons. The van der Waals surface area contributed by atoms with Crippen molar-refractivity contribution in [2.24, 2.45) is 0 Å². The van der Waals surface area contributed by atoms with Crippen LogP contribution in [0.5, 0.6) is 11.5 Å². The number of alkyl halides is 3. The van der Waals surface area contributed by atoms with E-state index in [2.05, 4.69) is 9.97 Å². The van der Waals surface area contributed by atoms with Crippen molar-refractivity contribution in [2.75, 3.05) is 5.75 Å². The van der Waals surface area contributed by atoms with E-state index >= 15 is 0 Å². The third-order valence-corrected chi connectivity index (χ3v) is 8.30. The Morgan fingerprint density at radius 3 is 2.02 bits per heavy atom. The van der Waals surface area contributed by atoms with E-state index in [1.165, 1.54) is 56.0 Å². The van der Waals surface area contributed by atoms with Crippen molar-refractivity contribution in [2.45, 2.75) is 37.8 Å². The normalized spacial score (nSPS) is 11.7. The van der Waals surface area contributed by atoms with Gasteiger partial charge in [-0.2, -0.15) is 13.2 Å². The molecule has 13 heteroatoms. The van der Waals surface area contributed by atoms with E-state index in [1.807, 2.05) is 0 Å². The van der Waals surface area contributed by atoms with Crippen LogP contribution in [0.3, 0.4) is 0 Å². The van der Waals surface area contributed by atoms with Crippen LogP contribution in [0, 0.1) is 6.92 Å². The van der Waals surface area contributed by atoms with Gasteiger partial charge in [0, 0.05) is 34.1 Å². The third kappa shape index (κ3) is 7.76. The number of nitrogens with zero attached hydrogens (tertiary/aromatic N) is 2. The molecule has 0 spiro atoms. The molecule has 0 aliphatic rings. The van der Waals surface area contributed by atoms with Crippen molar-refractivity contribution in [3.05, 3.63) is 89.5 Å². The van der Waals surface area contributed by atoms with Gasteiger partial charge < -0.3 is 9.47 Å². The standard InChI is InChI=1S/C30H24ClF3N2O6S/c1-3-43(39,40)22-6-7-23(18(2)12-22)25-13-20(30(32,33)34)4-8-27(25)42-29(38)11-10-28(37)41-26-9-5-21(31)14-24(26)19-15-35-17-36-16-19/h4-9,12-17H,3,10-11H2,1-2H3. The molecule has 0 atom stereocenters. The number of hydrogen-bond donors (Lipinski definition) is 0. The highest BCUT2D eigenvalue weighted by atomic mass is 35.5. The van der Waals surface area contributed by atoms with E-state index in [1.54, 1.807) is 13.0 Å². The van der Waals surface area contributed by atoms with Gasteiger partial charge in [-0.05, 0) is 66.6 Å². The molecule has 0 saturated heterocycles. The molecule has 3 aromatic carbocycles. The van der Waals surface area contributed by atoms with E-state index in [9.17, 15) is 31.2 Å². The summed E-state index contributed by atoms with van der Waals surface area (Å²) in [6.45, 7) is 3.02. The van der Waals surface area contributed by atoms with Gasteiger partial charge >= 0.3 is 18.1 Å². The zero-order chi connectivity index (χ0) is 31.4. The molecule has 1 aromatic heterocycles. The van der Waals surface area contributed by atoms with Crippen molar-refractivity contribution >= 4 is 33.4 Å². The largest absolute Gasteiger partial charge is 0.426 e. The van der Waals surface area contributed by atoms with Crippen LogP contribution in [0.15, 0.2) is 78.2 Å². The van der Waals surface area contributed by atoms with Crippen molar-refractivity contribution in [3.63, 3.8) is 0 Å². The highest BCUT2D eigenvalue weighted by Gasteiger charge is 2.32. The van der Waals surface area contributed by atoms with Crippen molar-refractivity contribution < 1.29 is 40.7 Å². The summed E-state index contributed by atoms with van der Waals surface area (Å²) in [5, 5.41) is 0.381. The first kappa shape index (κ1) is 31.6. The first-order valence-electron chi connectivity index (χ1n) is 12.8. The molecule has 4 aromatic rings. The molecule has 0 unspecified atom stereocenters. The summed E-state index contributed by atoms with van der Waals surface area (Å²) in [6, 6.07) is 11.2. The molecule has 0 saturated carbocycles. The van der Waals surface area contributed by atoms with Gasteiger partial charge in [-0.15, -0.1) is 0 Å². The zero-order valence-electron chi connectivity index (χ0n) is 22.8. The number of hydrogen-bond acceptors (Lipinski definition) is 8. The highest BCUT2D eigenvalue weighted by Crippen LogP contribution is 2.39. The van der Waals surface area contributed by atoms with E-state index < -0.39 is 46.4 Å². The molecular weight excluding hydrogens is 609 g/mol. The minimum Gasteiger partial charge on any atom is -0.426 e. The Kier molecular flexibility index (Phi) is 9.51. The molecule has 0 aliphatic carbocycles. The Hall–Kier alpha value is -4.29. The van der Waals surface area contributed by atoms with Gasteiger partial charge in [-0.1, -0.05) is 24.6 Å². The number of sulfone groups is 1. The van der Waals surface area contributed by atoms with Gasteiger partial charge in [0.05, 0.1) is 29.1 Å². The lowest BCUT2D eigenvalue weighted by molar-refractivity contribution is -0.140. The molecule has 0 amide bonds. The second-order valence-corrected chi connectivity index (χ2v) is 12.0. The lowest BCUT2D eigenvalue weighted by atomic mass is 9.97. The van der Waals surface area contributed by atoms with Crippen LogP contribution in [-0.4, -0.2) is 36.1 Å². The Morgan fingerprint density at radius 2 is 1.44 bits per heavy atom. The minimum atomic E-state index is -4.69. The van der Waals surface area contributed by atoms with Crippen LogP contribution < -0.4 is 9.47 Å². The van der Waals surface area contributed by atoms with Crippen LogP contribution in [0.4, 0.5) is 13.2 Å². The van der Waals surface area contributed by atoms with Crippen molar-refractivity contribution in [1.82, 2.24) is 9.97 Å². The van der Waals surface area contributed by atoms with Crippen LogP contribution >= 0.6 is 11.6 Å². The lowest BCUT2D eigenvalue weighted by Gasteiger charge is -2.16. The molecule has 0 bridgehead atoms. The maximum atomic E-state index is 13.5. The number of aromatic nitrogens is 2. The first-order valence-corrected chi connectivity index (χ1v) is 14.8. The maximum absolute atomic E-state index is 13.5. The number of esters is 2. The van der Waals surface area contributed by atoms with E-state index in [0.717, 1.165) is 18.2 Å². The van der Waals surface area contributed by atoms with Crippen LogP contribution in [-0.2, 0) is 25.6 Å². The third-order valence-electron chi connectivity index (χ3n) is 6.33. The molecule has 43 heavy (non-hydrogen) atoms. The summed E-state index contributed by atoms with van der Waals surface area (Å²) in [5.74, 6) is -1.85. The van der Waals surface area contributed by atoms with Crippen molar-refractivity contribution in [3.8, 4) is 33.8 Å². The number of ether oxygens (including phenoxy) is 2. The average molecular weight is 633 g/mol. The number of carbonyl (C=O) groups excluding carboxylic acids is 2. The molecule has 0 radical (unpaired) electrons. The second kappa shape index (κ2) is 12.9. The average Bonchev–Trinajstić information content (AvgIpc) is 2.97. The number of halogens is 4. The Morgan fingerprint density at radius 1 is 0.837 bits per heavy atom. The molecular formula is C30H24ClF3N2O6S. The number of benzene rings is 3. The zero-order valence-corrected chi connectivity index (χ0v) is 24.4. The Bertz CT molecular complexity index is 1780. The Labute approximate surface area is 250 Å². The SMILES string of the molecule is CCS(=O)(=O)c1ccc(-c2cc(C(F)(F)F)ccc2OC(=O)CCC(=O)Oc2ccc(Cl)cc2-c2cncnc2)c(C)c1. The fourth-order valence-electron chi connectivity index (χ4n) is 4.11. The molecule has 4 rings (SSSR count). The van der Waals surface area contributed by atoms with E-state index in [0.29, 0.717) is 21.7 Å². The topological polar surface area (TPSA) is 113 Å². The second-order valence-electron chi connectivity index (χ2n) is 9.30. The summed E-state index contributed by atoms with van der Waals surface area (Å²) >= 11 is 6.09.